The smallest absolute Gasteiger partial charge is 0.262 e. The Bertz CT molecular complexity index is 1990. The molecule has 0 bridgehead atoms. The van der Waals surface area contributed by atoms with Crippen LogP contribution in [0.3, 0.4) is 0 Å². The fraction of sp³-hybridized carbons (Fsp3) is 0.182. The van der Waals surface area contributed by atoms with E-state index in [0.29, 0.717) is 6.54 Å². The highest BCUT2D eigenvalue weighted by Gasteiger charge is 2.26. The maximum Gasteiger partial charge on any atom is 0.262 e. The van der Waals surface area contributed by atoms with Crippen molar-refractivity contribution >= 4 is 65.0 Å². The summed E-state index contributed by atoms with van der Waals surface area (Å²) in [6, 6.07) is 24.9. The molecule has 1 aliphatic rings. The molecule has 0 spiro atoms. The van der Waals surface area contributed by atoms with Gasteiger partial charge in [0.2, 0.25) is 11.4 Å². The fourth-order valence-electron chi connectivity index (χ4n) is 5.36. The number of ether oxygens (including phenoxy) is 1. The summed E-state index contributed by atoms with van der Waals surface area (Å²) in [6.07, 6.45) is 8.42. The molecule has 0 atom stereocenters. The van der Waals surface area contributed by atoms with Gasteiger partial charge in [-0.25, -0.2) is 8.42 Å². The minimum absolute atomic E-state index is 0.257. The highest BCUT2D eigenvalue weighted by atomic mass is 32.2. The number of hydrogen-bond donors (Lipinski definition) is 0. The van der Waals surface area contributed by atoms with E-state index in [1.165, 1.54) is 0 Å². The third-order valence-electron chi connectivity index (χ3n) is 7.31. The van der Waals surface area contributed by atoms with Crippen LogP contribution in [0.1, 0.15) is 25.3 Å². The van der Waals surface area contributed by atoms with Gasteiger partial charge in [0.15, 0.2) is 12.3 Å². The van der Waals surface area contributed by atoms with Crippen molar-refractivity contribution in [2.75, 3.05) is 17.2 Å². The molecule has 0 saturated carbocycles. The van der Waals surface area contributed by atoms with E-state index in [-0.39, 0.29) is 12.2 Å². The van der Waals surface area contributed by atoms with Crippen molar-refractivity contribution in [1.29, 1.82) is 0 Å². The van der Waals surface area contributed by atoms with Crippen molar-refractivity contribution in [3.05, 3.63) is 107 Å². The van der Waals surface area contributed by atoms with Crippen LogP contribution in [0.25, 0.3) is 37.8 Å². The molecule has 0 amide bonds. The van der Waals surface area contributed by atoms with E-state index in [9.17, 15) is 13.0 Å². The molecule has 5 aromatic rings. The average Bonchev–Trinajstić information content (AvgIpc) is 3.52. The zero-order valence-electron chi connectivity index (χ0n) is 22.9. The molecule has 6 nitrogen and oxygen atoms in total. The van der Waals surface area contributed by atoms with E-state index in [0.717, 1.165) is 66.2 Å². The first kappa shape index (κ1) is 27.2. The lowest BCUT2D eigenvalue weighted by atomic mass is 10.1. The zero-order valence-corrected chi connectivity index (χ0v) is 24.5. The van der Waals surface area contributed by atoms with E-state index < -0.39 is 10.1 Å². The first-order valence-electron chi connectivity index (χ1n) is 13.6. The maximum atomic E-state index is 11.3. The van der Waals surface area contributed by atoms with Crippen LogP contribution in [0, 0.1) is 0 Å². The van der Waals surface area contributed by atoms with Gasteiger partial charge in [0.25, 0.3) is 5.01 Å². The van der Waals surface area contributed by atoms with Crippen LogP contribution in [0.4, 0.5) is 5.69 Å². The molecular formula is C33H30N2O4S2. The first-order chi connectivity index (χ1) is 19.8. The fourth-order valence-corrected chi connectivity index (χ4v) is 6.95. The van der Waals surface area contributed by atoms with Crippen molar-refractivity contribution in [3.63, 3.8) is 0 Å². The predicted octanol–water partition coefficient (Wildman–Crippen LogP) is 7.15. The number of fused-ring (bicyclic) bond motifs is 6. The van der Waals surface area contributed by atoms with Crippen LogP contribution in [-0.2, 0) is 16.7 Å². The molecule has 6 rings (SSSR count). The van der Waals surface area contributed by atoms with E-state index in [1.54, 1.807) is 11.3 Å². The van der Waals surface area contributed by atoms with Crippen molar-refractivity contribution < 1.29 is 22.3 Å². The molecule has 0 aliphatic carbocycles. The SMILES string of the molecule is CCN1C(=CC=C(C)C=Cc2sc3ccc4ccccc4c3[n+]2CCCS(=O)(=O)[O-])Oc2c1ccc1ccccc21. The van der Waals surface area contributed by atoms with Gasteiger partial charge in [-0.05, 0) is 48.9 Å². The second-order valence-electron chi connectivity index (χ2n) is 10.1. The largest absolute Gasteiger partial charge is 0.748 e. The molecule has 1 aliphatic heterocycles. The van der Waals surface area contributed by atoms with Gasteiger partial charge in [-0.2, -0.15) is 4.57 Å². The topological polar surface area (TPSA) is 73.6 Å². The van der Waals surface area contributed by atoms with Gasteiger partial charge in [0, 0.05) is 30.2 Å². The molecule has 4 aromatic carbocycles. The third-order valence-corrected chi connectivity index (χ3v) is 9.21. The van der Waals surface area contributed by atoms with E-state index in [4.69, 9.17) is 4.74 Å². The highest BCUT2D eigenvalue weighted by molar-refractivity contribution is 7.85. The lowest BCUT2D eigenvalue weighted by Crippen LogP contribution is -2.36. The first-order valence-corrected chi connectivity index (χ1v) is 16.0. The van der Waals surface area contributed by atoms with Gasteiger partial charge in [0.05, 0.1) is 21.2 Å². The van der Waals surface area contributed by atoms with Gasteiger partial charge in [-0.3, -0.25) is 0 Å². The minimum Gasteiger partial charge on any atom is -0.748 e. The van der Waals surface area contributed by atoms with Crippen LogP contribution >= 0.6 is 11.3 Å². The molecular weight excluding hydrogens is 553 g/mol. The zero-order chi connectivity index (χ0) is 28.6. The molecule has 208 valence electrons. The second-order valence-corrected chi connectivity index (χ2v) is 12.7. The van der Waals surface area contributed by atoms with Gasteiger partial charge in [-0.15, -0.1) is 0 Å². The summed E-state index contributed by atoms with van der Waals surface area (Å²) in [5.41, 5.74) is 3.16. The number of aryl methyl sites for hydroxylation is 1. The normalized spacial score (nSPS) is 15.0. The number of rotatable bonds is 8. The summed E-state index contributed by atoms with van der Waals surface area (Å²) in [6.45, 7) is 5.38. The Hall–Kier alpha value is -3.98. The standard InChI is InChI=1S/C33H30N2O4S2/c1-3-34-28-17-15-25-10-5-7-12-27(25)33(28)39-30(34)19-13-23(2)14-20-31-35(21-8-22-41(36,37)38)32-26-11-6-4-9-24(26)16-18-29(32)40-31/h4-7,9-20H,3,8,21-22H2,1-2H3. The van der Waals surface area contributed by atoms with Gasteiger partial charge < -0.3 is 14.2 Å². The maximum absolute atomic E-state index is 11.3. The Labute approximate surface area is 243 Å². The molecule has 0 unspecified atom stereocenters. The van der Waals surface area contributed by atoms with Crippen LogP contribution in [0.15, 0.2) is 102 Å². The molecule has 2 heterocycles. The van der Waals surface area contributed by atoms with Gasteiger partial charge >= 0.3 is 0 Å². The number of aromatic nitrogens is 1. The number of thiazole rings is 1. The quantitative estimate of drug-likeness (QED) is 0.110. The van der Waals surface area contributed by atoms with Gasteiger partial charge in [-0.1, -0.05) is 83.7 Å². The summed E-state index contributed by atoms with van der Waals surface area (Å²) in [4.78, 5) is 2.17. The number of benzene rings is 4. The van der Waals surface area contributed by atoms with Crippen LogP contribution in [0.5, 0.6) is 5.75 Å². The molecule has 0 saturated heterocycles. The minimum atomic E-state index is -4.28. The third kappa shape index (κ3) is 5.51. The summed E-state index contributed by atoms with van der Waals surface area (Å²) < 4.78 is 43.5. The lowest BCUT2D eigenvalue weighted by molar-refractivity contribution is -0.667. The summed E-state index contributed by atoms with van der Waals surface area (Å²) in [7, 11) is -4.28. The molecule has 8 heteroatoms. The Kier molecular flexibility index (Phi) is 7.38. The van der Waals surface area contributed by atoms with E-state index in [2.05, 4.69) is 77.1 Å². The van der Waals surface area contributed by atoms with Crippen molar-refractivity contribution in [3.8, 4) is 5.75 Å². The number of hydrogen-bond acceptors (Lipinski definition) is 6. The monoisotopic (exact) mass is 582 g/mol. The van der Waals surface area contributed by atoms with Crippen LogP contribution in [0.2, 0.25) is 0 Å². The Morgan fingerprint density at radius 3 is 2.46 bits per heavy atom. The average molecular weight is 583 g/mol. The van der Waals surface area contributed by atoms with Crippen molar-refractivity contribution in [2.45, 2.75) is 26.8 Å². The Balaban J connectivity index is 1.32. The molecule has 0 N–H and O–H groups in total. The Morgan fingerprint density at radius 2 is 1.71 bits per heavy atom. The van der Waals surface area contributed by atoms with Crippen molar-refractivity contribution in [1.82, 2.24) is 0 Å². The summed E-state index contributed by atoms with van der Waals surface area (Å²) in [5.74, 6) is 1.29. The number of anilines is 1. The summed E-state index contributed by atoms with van der Waals surface area (Å²) in [5, 5.41) is 5.46. The Morgan fingerprint density at radius 1 is 1.00 bits per heavy atom. The van der Waals surface area contributed by atoms with E-state index >= 15 is 0 Å². The molecule has 0 radical (unpaired) electrons. The molecule has 41 heavy (non-hydrogen) atoms. The van der Waals surface area contributed by atoms with E-state index in [1.807, 2.05) is 43.3 Å². The lowest BCUT2D eigenvalue weighted by Gasteiger charge is -2.15. The summed E-state index contributed by atoms with van der Waals surface area (Å²) >= 11 is 1.65. The van der Waals surface area contributed by atoms with Gasteiger partial charge in [0.1, 0.15) is 4.70 Å². The second kappa shape index (κ2) is 11.1. The number of allylic oxidation sites excluding steroid dienone is 4. The van der Waals surface area contributed by atoms with Crippen LogP contribution < -0.4 is 14.2 Å². The highest BCUT2D eigenvalue weighted by Crippen LogP contribution is 2.44. The predicted molar refractivity (Wildman–Crippen MR) is 167 cm³/mol. The molecule has 1 aromatic heterocycles. The molecule has 0 fully saturated rings. The van der Waals surface area contributed by atoms with Crippen LogP contribution in [-0.4, -0.2) is 25.3 Å². The van der Waals surface area contributed by atoms with Crippen molar-refractivity contribution in [2.24, 2.45) is 0 Å². The number of nitrogens with zero attached hydrogens (tertiary/aromatic N) is 2.